The van der Waals surface area contributed by atoms with Crippen LogP contribution < -0.4 is 5.32 Å². The molecule has 1 amide bonds. The number of thioether (sulfide) groups is 1. The fourth-order valence-electron chi connectivity index (χ4n) is 1.79. The maximum atomic E-state index is 11.8. The van der Waals surface area contributed by atoms with Crippen LogP contribution in [-0.4, -0.2) is 28.4 Å². The number of aromatic nitrogens is 1. The van der Waals surface area contributed by atoms with Crippen molar-refractivity contribution in [2.75, 3.05) is 12.3 Å². The van der Waals surface area contributed by atoms with Gasteiger partial charge in [-0.3, -0.25) is 9.78 Å². The third-order valence-corrected chi connectivity index (χ3v) is 4.35. The summed E-state index contributed by atoms with van der Waals surface area (Å²) in [6.07, 6.45) is 5.30. The van der Waals surface area contributed by atoms with E-state index in [1.54, 1.807) is 18.3 Å². The molecule has 5 heteroatoms. The van der Waals surface area contributed by atoms with Gasteiger partial charge in [0, 0.05) is 23.0 Å². The molecule has 1 fully saturated rings. The van der Waals surface area contributed by atoms with Crippen molar-refractivity contribution in [1.29, 1.82) is 0 Å². The second-order valence-electron chi connectivity index (χ2n) is 4.06. The van der Waals surface area contributed by atoms with Crippen molar-refractivity contribution in [3.63, 3.8) is 0 Å². The molecule has 0 aliphatic carbocycles. The molecule has 2 rings (SSSR count). The van der Waals surface area contributed by atoms with Crippen LogP contribution in [0.2, 0.25) is 5.02 Å². The van der Waals surface area contributed by atoms with Crippen LogP contribution in [0.25, 0.3) is 0 Å². The fraction of sp³-hybridized carbons (Fsp3) is 0.500. The van der Waals surface area contributed by atoms with Gasteiger partial charge < -0.3 is 5.32 Å². The van der Waals surface area contributed by atoms with Gasteiger partial charge in [-0.15, -0.1) is 0 Å². The molecule has 0 radical (unpaired) electrons. The van der Waals surface area contributed by atoms with Gasteiger partial charge in [0.2, 0.25) is 0 Å². The monoisotopic (exact) mass is 270 g/mol. The zero-order valence-corrected chi connectivity index (χ0v) is 11.1. The minimum atomic E-state index is -0.140. The van der Waals surface area contributed by atoms with Crippen molar-refractivity contribution in [3.05, 3.63) is 29.0 Å². The van der Waals surface area contributed by atoms with Gasteiger partial charge in [0.15, 0.2) is 0 Å². The summed E-state index contributed by atoms with van der Waals surface area (Å²) in [5.41, 5.74) is 0.387. The van der Waals surface area contributed by atoms with Crippen molar-refractivity contribution in [1.82, 2.24) is 10.3 Å². The number of nitrogens with zero attached hydrogens (tertiary/aromatic N) is 1. The highest BCUT2D eigenvalue weighted by Gasteiger charge is 2.15. The molecule has 1 atom stereocenters. The van der Waals surface area contributed by atoms with E-state index in [1.807, 2.05) is 11.8 Å². The lowest BCUT2D eigenvalue weighted by Gasteiger charge is -2.21. The first kappa shape index (κ1) is 12.7. The first-order valence-corrected chi connectivity index (χ1v) is 7.20. The van der Waals surface area contributed by atoms with Crippen molar-refractivity contribution >= 4 is 29.3 Å². The van der Waals surface area contributed by atoms with E-state index in [9.17, 15) is 4.79 Å². The predicted molar refractivity (Wildman–Crippen MR) is 71.7 cm³/mol. The number of amides is 1. The van der Waals surface area contributed by atoms with Crippen LogP contribution in [0.5, 0.6) is 0 Å². The number of hydrogen-bond donors (Lipinski definition) is 1. The van der Waals surface area contributed by atoms with Gasteiger partial charge in [0.05, 0.1) is 0 Å². The number of halogens is 1. The third kappa shape index (κ3) is 3.89. The molecule has 3 nitrogen and oxygen atoms in total. The van der Waals surface area contributed by atoms with E-state index >= 15 is 0 Å². The molecule has 0 bridgehead atoms. The fourth-order valence-corrected chi connectivity index (χ4v) is 3.19. The molecule has 0 spiro atoms. The van der Waals surface area contributed by atoms with Crippen molar-refractivity contribution < 1.29 is 4.79 Å². The summed E-state index contributed by atoms with van der Waals surface area (Å²) in [6, 6.07) is 3.25. The molecule has 0 saturated carbocycles. The van der Waals surface area contributed by atoms with E-state index < -0.39 is 0 Å². The van der Waals surface area contributed by atoms with E-state index in [-0.39, 0.29) is 5.91 Å². The lowest BCUT2D eigenvalue weighted by atomic mass is 10.2. The minimum absolute atomic E-state index is 0.140. The SMILES string of the molecule is O=C(NCC1CCCCS1)c1cc(Cl)ccn1. The van der Waals surface area contributed by atoms with E-state index in [2.05, 4.69) is 10.3 Å². The number of carbonyl (C=O) groups is 1. The minimum Gasteiger partial charge on any atom is -0.350 e. The summed E-state index contributed by atoms with van der Waals surface area (Å²) in [6.45, 7) is 0.720. The van der Waals surface area contributed by atoms with Crippen LogP contribution in [0.15, 0.2) is 18.3 Å². The Balaban J connectivity index is 1.84. The standard InChI is InChI=1S/C12H15ClN2OS/c13-9-4-5-14-11(7-9)12(16)15-8-10-3-1-2-6-17-10/h4-5,7,10H,1-3,6,8H2,(H,15,16). The van der Waals surface area contributed by atoms with Crippen LogP contribution in [0.3, 0.4) is 0 Å². The molecular formula is C12H15ClN2OS. The Morgan fingerprint density at radius 2 is 2.47 bits per heavy atom. The highest BCUT2D eigenvalue weighted by molar-refractivity contribution is 7.99. The molecule has 0 aromatic carbocycles. The van der Waals surface area contributed by atoms with Crippen LogP contribution >= 0.6 is 23.4 Å². The van der Waals surface area contributed by atoms with Gasteiger partial charge >= 0.3 is 0 Å². The zero-order chi connectivity index (χ0) is 12.1. The molecule has 92 valence electrons. The number of nitrogens with one attached hydrogen (secondary N) is 1. The topological polar surface area (TPSA) is 42.0 Å². The molecule has 1 aliphatic rings. The smallest absolute Gasteiger partial charge is 0.269 e. The predicted octanol–water partition coefficient (Wildman–Crippen LogP) is 2.75. The molecule has 1 unspecified atom stereocenters. The van der Waals surface area contributed by atoms with E-state index in [0.29, 0.717) is 16.0 Å². The molecule has 1 saturated heterocycles. The summed E-state index contributed by atoms with van der Waals surface area (Å²) in [5, 5.41) is 4.00. The second-order valence-corrected chi connectivity index (χ2v) is 5.90. The molecule has 1 N–H and O–H groups in total. The van der Waals surface area contributed by atoms with E-state index in [4.69, 9.17) is 11.6 Å². The highest BCUT2D eigenvalue weighted by atomic mass is 35.5. The third-order valence-electron chi connectivity index (χ3n) is 2.72. The van der Waals surface area contributed by atoms with Gasteiger partial charge in [-0.25, -0.2) is 0 Å². The molecule has 1 aromatic heterocycles. The summed E-state index contributed by atoms with van der Waals surface area (Å²) in [5.74, 6) is 1.06. The number of hydrogen-bond acceptors (Lipinski definition) is 3. The van der Waals surface area contributed by atoms with Gasteiger partial charge in [0.1, 0.15) is 5.69 Å². The van der Waals surface area contributed by atoms with Gasteiger partial charge in [-0.1, -0.05) is 18.0 Å². The molecular weight excluding hydrogens is 256 g/mol. The van der Waals surface area contributed by atoms with Crippen molar-refractivity contribution in [2.45, 2.75) is 24.5 Å². The Bertz CT molecular complexity index is 394. The number of rotatable bonds is 3. The summed E-state index contributed by atoms with van der Waals surface area (Å²) in [4.78, 5) is 15.8. The van der Waals surface area contributed by atoms with Crippen molar-refractivity contribution in [2.24, 2.45) is 0 Å². The second kappa shape index (κ2) is 6.26. The Hall–Kier alpha value is -0.740. The molecule has 17 heavy (non-hydrogen) atoms. The lowest BCUT2D eigenvalue weighted by molar-refractivity contribution is 0.0948. The molecule has 2 heterocycles. The zero-order valence-electron chi connectivity index (χ0n) is 9.49. The summed E-state index contributed by atoms with van der Waals surface area (Å²) >= 11 is 7.76. The van der Waals surface area contributed by atoms with Crippen LogP contribution in [0.1, 0.15) is 29.8 Å². The maximum Gasteiger partial charge on any atom is 0.269 e. The summed E-state index contributed by atoms with van der Waals surface area (Å²) in [7, 11) is 0. The summed E-state index contributed by atoms with van der Waals surface area (Å²) < 4.78 is 0. The Morgan fingerprint density at radius 1 is 1.59 bits per heavy atom. The van der Waals surface area contributed by atoms with Gasteiger partial charge in [-0.05, 0) is 30.7 Å². The average Bonchev–Trinajstić information content (AvgIpc) is 2.37. The molecule has 1 aromatic rings. The van der Waals surface area contributed by atoms with Crippen molar-refractivity contribution in [3.8, 4) is 0 Å². The number of pyridine rings is 1. The quantitative estimate of drug-likeness (QED) is 0.918. The van der Waals surface area contributed by atoms with Gasteiger partial charge in [-0.2, -0.15) is 11.8 Å². The average molecular weight is 271 g/mol. The maximum absolute atomic E-state index is 11.8. The number of carbonyl (C=O) groups excluding carboxylic acids is 1. The van der Waals surface area contributed by atoms with Crippen LogP contribution in [0.4, 0.5) is 0 Å². The van der Waals surface area contributed by atoms with Crippen LogP contribution in [-0.2, 0) is 0 Å². The molecule has 1 aliphatic heterocycles. The first-order chi connectivity index (χ1) is 8.25. The van der Waals surface area contributed by atoms with Gasteiger partial charge in [0.25, 0.3) is 5.91 Å². The van der Waals surface area contributed by atoms with E-state index in [1.165, 1.54) is 25.0 Å². The van der Waals surface area contributed by atoms with Crippen LogP contribution in [0, 0.1) is 0 Å². The van der Waals surface area contributed by atoms with E-state index in [0.717, 1.165) is 6.54 Å². The normalized spacial score (nSPS) is 19.9. The highest BCUT2D eigenvalue weighted by Crippen LogP contribution is 2.24. The Kier molecular flexibility index (Phi) is 4.68. The largest absolute Gasteiger partial charge is 0.350 e. The first-order valence-electron chi connectivity index (χ1n) is 5.77. The lowest BCUT2D eigenvalue weighted by Crippen LogP contribution is -2.32. The Morgan fingerprint density at radius 3 is 3.18 bits per heavy atom. The Labute approximate surface area is 110 Å².